The molecule has 0 aliphatic carbocycles. The molecule has 1 amide bonds. The second-order valence-corrected chi connectivity index (χ2v) is 5.58. The standard InChI is InChI=1S/C15H15BrN2O4/c1-9(15(20)21)18-13(19)6-7-14-17-8-12(22-14)10-4-2-3-5-11(10)16/h2-5,8-9H,6-7H2,1H3,(H,18,19)(H,20,21)/t9-/m0/s1. The van der Waals surface area contributed by atoms with Crippen LogP contribution in [-0.2, 0) is 16.0 Å². The van der Waals surface area contributed by atoms with Crippen LogP contribution in [0.25, 0.3) is 11.3 Å². The molecule has 7 heteroatoms. The zero-order valence-corrected chi connectivity index (χ0v) is 13.5. The van der Waals surface area contributed by atoms with Gasteiger partial charge < -0.3 is 14.8 Å². The summed E-state index contributed by atoms with van der Waals surface area (Å²) in [5.41, 5.74) is 0.880. The molecular weight excluding hydrogens is 352 g/mol. The number of carbonyl (C=O) groups excluding carboxylic acids is 1. The summed E-state index contributed by atoms with van der Waals surface area (Å²) in [6, 6.07) is 6.68. The number of hydrogen-bond acceptors (Lipinski definition) is 4. The van der Waals surface area contributed by atoms with Crippen molar-refractivity contribution in [3.8, 4) is 11.3 Å². The highest BCUT2D eigenvalue weighted by Crippen LogP contribution is 2.28. The van der Waals surface area contributed by atoms with E-state index in [1.807, 2.05) is 24.3 Å². The average molecular weight is 367 g/mol. The van der Waals surface area contributed by atoms with Crippen molar-refractivity contribution in [1.82, 2.24) is 10.3 Å². The van der Waals surface area contributed by atoms with Crippen LogP contribution >= 0.6 is 15.9 Å². The summed E-state index contributed by atoms with van der Waals surface area (Å²) in [5.74, 6) is -0.373. The molecule has 0 aliphatic heterocycles. The first-order valence-corrected chi connectivity index (χ1v) is 7.48. The van der Waals surface area contributed by atoms with Crippen molar-refractivity contribution in [2.24, 2.45) is 0 Å². The number of rotatable bonds is 6. The monoisotopic (exact) mass is 366 g/mol. The van der Waals surface area contributed by atoms with E-state index in [0.717, 1.165) is 10.0 Å². The molecule has 116 valence electrons. The Morgan fingerprint density at radius 2 is 2.14 bits per heavy atom. The van der Waals surface area contributed by atoms with Gasteiger partial charge in [-0.05, 0) is 13.0 Å². The van der Waals surface area contributed by atoms with Crippen molar-refractivity contribution >= 4 is 27.8 Å². The molecule has 0 bridgehead atoms. The first-order chi connectivity index (χ1) is 10.5. The number of carbonyl (C=O) groups is 2. The summed E-state index contributed by atoms with van der Waals surface area (Å²) in [5, 5.41) is 11.1. The third-order valence-corrected chi connectivity index (χ3v) is 3.70. The molecule has 1 heterocycles. The highest BCUT2D eigenvalue weighted by molar-refractivity contribution is 9.10. The summed E-state index contributed by atoms with van der Waals surface area (Å²) >= 11 is 3.44. The number of halogens is 1. The number of hydrogen-bond donors (Lipinski definition) is 2. The molecule has 0 aliphatic rings. The number of oxazole rings is 1. The summed E-state index contributed by atoms with van der Waals surface area (Å²) in [6.07, 6.45) is 2.03. The zero-order valence-electron chi connectivity index (χ0n) is 11.9. The smallest absolute Gasteiger partial charge is 0.325 e. The average Bonchev–Trinajstić information content (AvgIpc) is 2.94. The second kappa shape index (κ2) is 7.22. The first-order valence-electron chi connectivity index (χ1n) is 6.69. The first kappa shape index (κ1) is 16.2. The Kier molecular flexibility index (Phi) is 5.32. The fourth-order valence-corrected chi connectivity index (χ4v) is 2.29. The SMILES string of the molecule is C[C@H](NC(=O)CCc1ncc(-c2ccccc2Br)o1)C(=O)O. The quantitative estimate of drug-likeness (QED) is 0.819. The lowest BCUT2D eigenvalue weighted by molar-refractivity contribution is -0.141. The number of nitrogens with zero attached hydrogens (tertiary/aromatic N) is 1. The molecule has 22 heavy (non-hydrogen) atoms. The molecule has 1 aromatic heterocycles. The van der Waals surface area contributed by atoms with Gasteiger partial charge in [0.25, 0.3) is 0 Å². The van der Waals surface area contributed by atoms with Gasteiger partial charge in [-0.2, -0.15) is 0 Å². The van der Waals surface area contributed by atoms with Gasteiger partial charge in [0.15, 0.2) is 11.7 Å². The minimum atomic E-state index is -1.07. The van der Waals surface area contributed by atoms with E-state index >= 15 is 0 Å². The Bertz CT molecular complexity index is 684. The number of carboxylic acid groups (broad SMARTS) is 1. The highest BCUT2D eigenvalue weighted by atomic mass is 79.9. The lowest BCUT2D eigenvalue weighted by atomic mass is 10.2. The summed E-state index contributed by atoms with van der Waals surface area (Å²) in [6.45, 7) is 1.41. The summed E-state index contributed by atoms with van der Waals surface area (Å²) in [7, 11) is 0. The molecule has 0 fully saturated rings. The van der Waals surface area contributed by atoms with E-state index in [4.69, 9.17) is 9.52 Å². The number of aromatic nitrogens is 1. The molecule has 1 atom stereocenters. The van der Waals surface area contributed by atoms with Gasteiger partial charge in [-0.25, -0.2) is 4.98 Å². The third kappa shape index (κ3) is 4.17. The Balaban J connectivity index is 1.94. The summed E-state index contributed by atoms with van der Waals surface area (Å²) in [4.78, 5) is 26.4. The minimum Gasteiger partial charge on any atom is -0.480 e. The fourth-order valence-electron chi connectivity index (χ4n) is 1.81. The van der Waals surface area contributed by atoms with Crippen molar-refractivity contribution in [2.45, 2.75) is 25.8 Å². The van der Waals surface area contributed by atoms with Gasteiger partial charge in [0.1, 0.15) is 6.04 Å². The molecule has 2 rings (SSSR count). The van der Waals surface area contributed by atoms with Crippen molar-refractivity contribution in [2.75, 3.05) is 0 Å². The van der Waals surface area contributed by atoms with Crippen LogP contribution in [0.3, 0.4) is 0 Å². The Morgan fingerprint density at radius 3 is 2.82 bits per heavy atom. The van der Waals surface area contributed by atoms with Gasteiger partial charge >= 0.3 is 5.97 Å². The Labute approximate surface area is 135 Å². The van der Waals surface area contributed by atoms with Crippen molar-refractivity contribution in [1.29, 1.82) is 0 Å². The van der Waals surface area contributed by atoms with Crippen molar-refractivity contribution in [3.05, 3.63) is 40.8 Å². The minimum absolute atomic E-state index is 0.119. The van der Waals surface area contributed by atoms with E-state index < -0.39 is 12.0 Å². The molecule has 0 saturated heterocycles. The number of benzene rings is 1. The number of nitrogens with one attached hydrogen (secondary N) is 1. The third-order valence-electron chi connectivity index (χ3n) is 3.01. The number of carboxylic acids is 1. The predicted octanol–water partition coefficient (Wildman–Crippen LogP) is 2.63. The summed E-state index contributed by atoms with van der Waals surface area (Å²) < 4.78 is 6.51. The van der Waals surface area contributed by atoms with Crippen LogP contribution in [0.5, 0.6) is 0 Å². The maximum Gasteiger partial charge on any atom is 0.325 e. The lowest BCUT2D eigenvalue weighted by Gasteiger charge is -2.07. The molecule has 1 aromatic carbocycles. The molecular formula is C15H15BrN2O4. The zero-order chi connectivity index (χ0) is 16.1. The van der Waals surface area contributed by atoms with E-state index in [2.05, 4.69) is 26.2 Å². The van der Waals surface area contributed by atoms with Crippen LogP contribution in [-0.4, -0.2) is 28.0 Å². The van der Waals surface area contributed by atoms with Gasteiger partial charge in [0.2, 0.25) is 5.91 Å². The van der Waals surface area contributed by atoms with E-state index in [1.54, 1.807) is 6.20 Å². The van der Waals surface area contributed by atoms with Crippen molar-refractivity contribution in [3.63, 3.8) is 0 Å². The topological polar surface area (TPSA) is 92.4 Å². The van der Waals surface area contributed by atoms with E-state index in [-0.39, 0.29) is 12.3 Å². The molecule has 2 aromatic rings. The van der Waals surface area contributed by atoms with Crippen molar-refractivity contribution < 1.29 is 19.1 Å². The van der Waals surface area contributed by atoms with Gasteiger partial charge in [-0.1, -0.05) is 34.1 Å². The van der Waals surface area contributed by atoms with Crippen LogP contribution in [0.2, 0.25) is 0 Å². The van der Waals surface area contributed by atoms with E-state index in [0.29, 0.717) is 18.1 Å². The van der Waals surface area contributed by atoms with Gasteiger partial charge in [0.05, 0.1) is 6.20 Å². The number of aliphatic carboxylic acids is 1. The Morgan fingerprint density at radius 1 is 1.41 bits per heavy atom. The second-order valence-electron chi connectivity index (χ2n) is 4.73. The van der Waals surface area contributed by atoms with Crippen LogP contribution in [0.1, 0.15) is 19.2 Å². The predicted molar refractivity (Wildman–Crippen MR) is 83.2 cm³/mol. The van der Waals surface area contributed by atoms with Crippen LogP contribution < -0.4 is 5.32 Å². The molecule has 0 unspecified atom stereocenters. The normalized spacial score (nSPS) is 11.9. The van der Waals surface area contributed by atoms with Gasteiger partial charge in [-0.3, -0.25) is 9.59 Å². The van der Waals surface area contributed by atoms with Crippen LogP contribution in [0, 0.1) is 0 Å². The maximum absolute atomic E-state index is 11.6. The van der Waals surface area contributed by atoms with E-state index in [9.17, 15) is 9.59 Å². The van der Waals surface area contributed by atoms with E-state index in [1.165, 1.54) is 6.92 Å². The van der Waals surface area contributed by atoms with Gasteiger partial charge in [0, 0.05) is 22.9 Å². The molecule has 6 nitrogen and oxygen atoms in total. The Hall–Kier alpha value is -2.15. The number of aryl methyl sites for hydroxylation is 1. The molecule has 0 spiro atoms. The highest BCUT2D eigenvalue weighted by Gasteiger charge is 2.15. The molecule has 2 N–H and O–H groups in total. The molecule has 0 saturated carbocycles. The largest absolute Gasteiger partial charge is 0.480 e. The molecule has 0 radical (unpaired) electrons. The van der Waals surface area contributed by atoms with Crippen LogP contribution in [0.15, 0.2) is 39.4 Å². The lowest BCUT2D eigenvalue weighted by Crippen LogP contribution is -2.38. The van der Waals surface area contributed by atoms with Gasteiger partial charge in [-0.15, -0.1) is 0 Å². The fraction of sp³-hybridized carbons (Fsp3) is 0.267. The number of amides is 1. The maximum atomic E-state index is 11.6. The van der Waals surface area contributed by atoms with Crippen LogP contribution in [0.4, 0.5) is 0 Å².